The highest BCUT2D eigenvalue weighted by Gasteiger charge is 2.24. The van der Waals surface area contributed by atoms with Crippen molar-refractivity contribution in [2.45, 2.75) is 0 Å². The predicted octanol–water partition coefficient (Wildman–Crippen LogP) is 3.55. The van der Waals surface area contributed by atoms with Crippen LogP contribution in [0.3, 0.4) is 0 Å². The van der Waals surface area contributed by atoms with Gasteiger partial charge < -0.3 is 15.2 Å². The van der Waals surface area contributed by atoms with Crippen molar-refractivity contribution in [1.29, 1.82) is 0 Å². The number of anilines is 1. The summed E-state index contributed by atoms with van der Waals surface area (Å²) in [6, 6.07) is 10.2. The number of hydrogen-bond acceptors (Lipinski definition) is 3. The number of carbonyl (C=O) groups excluding carboxylic acids is 1. The molecule has 2 N–H and O–H groups in total. The van der Waals surface area contributed by atoms with Gasteiger partial charge in [0.15, 0.2) is 11.5 Å². The van der Waals surface area contributed by atoms with Crippen molar-refractivity contribution in [1.82, 2.24) is 0 Å². The summed E-state index contributed by atoms with van der Waals surface area (Å²) < 4.78 is 5.00. The number of phenolic OH excluding ortho intramolecular Hbond substituents is 1. The Morgan fingerprint density at radius 3 is 2.76 bits per heavy atom. The molecule has 5 heteroatoms. The molecule has 0 saturated heterocycles. The van der Waals surface area contributed by atoms with Crippen LogP contribution in [-0.2, 0) is 4.79 Å². The van der Waals surface area contributed by atoms with Crippen LogP contribution in [0.15, 0.2) is 36.4 Å². The minimum absolute atomic E-state index is 0.0292. The quantitative estimate of drug-likeness (QED) is 0.834. The van der Waals surface area contributed by atoms with E-state index in [0.717, 1.165) is 5.56 Å². The summed E-state index contributed by atoms with van der Waals surface area (Å²) in [6.07, 6.45) is 1.72. The number of halogens is 1. The first-order valence-electron chi connectivity index (χ1n) is 6.28. The number of methoxy groups -OCH3 is 1. The van der Waals surface area contributed by atoms with Gasteiger partial charge in [-0.2, -0.15) is 0 Å². The molecule has 1 aliphatic heterocycles. The molecule has 0 saturated carbocycles. The third-order valence-corrected chi connectivity index (χ3v) is 3.51. The van der Waals surface area contributed by atoms with Gasteiger partial charge in [-0.1, -0.05) is 23.7 Å². The Morgan fingerprint density at radius 1 is 1.24 bits per heavy atom. The Balaban J connectivity index is 2.04. The van der Waals surface area contributed by atoms with E-state index in [1.165, 1.54) is 7.11 Å². The lowest BCUT2D eigenvalue weighted by atomic mass is 10.0. The summed E-state index contributed by atoms with van der Waals surface area (Å²) >= 11 is 5.92. The van der Waals surface area contributed by atoms with Crippen LogP contribution in [0.1, 0.15) is 11.1 Å². The monoisotopic (exact) mass is 301 g/mol. The molecule has 21 heavy (non-hydrogen) atoms. The number of fused-ring (bicyclic) bond motifs is 1. The average Bonchev–Trinajstić information content (AvgIpc) is 2.74. The molecule has 1 heterocycles. The van der Waals surface area contributed by atoms with E-state index in [-0.39, 0.29) is 11.7 Å². The Kier molecular flexibility index (Phi) is 3.31. The van der Waals surface area contributed by atoms with Gasteiger partial charge in [0.05, 0.1) is 12.8 Å². The number of ether oxygens (including phenoxy) is 1. The summed E-state index contributed by atoms with van der Waals surface area (Å²) in [5.74, 6) is 0.226. The second kappa shape index (κ2) is 5.14. The van der Waals surface area contributed by atoms with Crippen LogP contribution < -0.4 is 10.1 Å². The minimum atomic E-state index is -0.192. The second-order valence-electron chi connectivity index (χ2n) is 4.63. The Bertz CT molecular complexity index is 768. The summed E-state index contributed by atoms with van der Waals surface area (Å²) in [4.78, 5) is 12.0. The van der Waals surface area contributed by atoms with Gasteiger partial charge in [-0.25, -0.2) is 0 Å². The lowest BCUT2D eigenvalue weighted by molar-refractivity contribution is -0.110. The number of phenols is 1. The number of benzene rings is 2. The van der Waals surface area contributed by atoms with Gasteiger partial charge in [0.1, 0.15) is 0 Å². The molecule has 2 aromatic carbocycles. The summed E-state index contributed by atoms with van der Waals surface area (Å²) in [6.45, 7) is 0. The van der Waals surface area contributed by atoms with Crippen LogP contribution in [0, 0.1) is 0 Å². The van der Waals surface area contributed by atoms with Gasteiger partial charge in [0, 0.05) is 16.2 Å². The molecule has 3 rings (SSSR count). The topological polar surface area (TPSA) is 58.6 Å². The van der Waals surface area contributed by atoms with E-state index in [1.54, 1.807) is 42.5 Å². The molecule has 0 aliphatic carbocycles. The van der Waals surface area contributed by atoms with E-state index >= 15 is 0 Å². The van der Waals surface area contributed by atoms with Crippen LogP contribution in [0.4, 0.5) is 5.69 Å². The largest absolute Gasteiger partial charge is 0.504 e. The highest BCUT2D eigenvalue weighted by atomic mass is 35.5. The molecule has 0 aromatic heterocycles. The van der Waals surface area contributed by atoms with Crippen molar-refractivity contribution in [3.05, 3.63) is 52.5 Å². The lowest BCUT2D eigenvalue weighted by Gasteiger charge is -2.04. The van der Waals surface area contributed by atoms with Gasteiger partial charge in [-0.15, -0.1) is 0 Å². The Hall–Kier alpha value is -2.46. The molecular weight excluding hydrogens is 290 g/mol. The van der Waals surface area contributed by atoms with Crippen molar-refractivity contribution < 1.29 is 14.6 Å². The minimum Gasteiger partial charge on any atom is -0.504 e. The SMILES string of the molecule is COc1ccc(/C=C2\C(=O)Nc3cc(Cl)ccc32)cc1O. The van der Waals surface area contributed by atoms with E-state index in [0.29, 0.717) is 27.6 Å². The van der Waals surface area contributed by atoms with E-state index in [1.807, 2.05) is 0 Å². The third-order valence-electron chi connectivity index (χ3n) is 3.28. The summed E-state index contributed by atoms with van der Waals surface area (Å²) in [7, 11) is 1.48. The number of aromatic hydroxyl groups is 1. The molecular formula is C16H12ClNO3. The van der Waals surface area contributed by atoms with Gasteiger partial charge >= 0.3 is 0 Å². The van der Waals surface area contributed by atoms with Gasteiger partial charge in [-0.3, -0.25) is 4.79 Å². The molecule has 0 fully saturated rings. The zero-order valence-corrected chi connectivity index (χ0v) is 11.9. The Morgan fingerprint density at radius 2 is 2.05 bits per heavy atom. The van der Waals surface area contributed by atoms with Crippen molar-refractivity contribution >= 4 is 34.8 Å². The van der Waals surface area contributed by atoms with Crippen molar-refractivity contribution in [3.8, 4) is 11.5 Å². The zero-order chi connectivity index (χ0) is 15.0. The molecule has 0 unspecified atom stereocenters. The molecule has 0 radical (unpaired) electrons. The van der Waals surface area contributed by atoms with E-state index < -0.39 is 0 Å². The van der Waals surface area contributed by atoms with Gasteiger partial charge in [-0.05, 0) is 35.9 Å². The molecule has 0 spiro atoms. The maximum Gasteiger partial charge on any atom is 0.256 e. The fraction of sp³-hybridized carbons (Fsp3) is 0.0625. The first-order chi connectivity index (χ1) is 10.1. The molecule has 2 aromatic rings. The number of amides is 1. The number of carbonyl (C=O) groups is 1. The maximum absolute atomic E-state index is 12.0. The van der Waals surface area contributed by atoms with Crippen LogP contribution in [0.25, 0.3) is 11.6 Å². The number of nitrogens with one attached hydrogen (secondary N) is 1. The average molecular weight is 302 g/mol. The molecule has 0 atom stereocenters. The van der Waals surface area contributed by atoms with E-state index in [2.05, 4.69) is 5.32 Å². The summed E-state index contributed by atoms with van der Waals surface area (Å²) in [5.41, 5.74) is 2.73. The molecule has 4 nitrogen and oxygen atoms in total. The highest BCUT2D eigenvalue weighted by molar-refractivity contribution is 6.36. The number of hydrogen-bond donors (Lipinski definition) is 2. The first kappa shape index (κ1) is 13.5. The van der Waals surface area contributed by atoms with Crippen molar-refractivity contribution in [2.75, 3.05) is 12.4 Å². The normalized spacial score (nSPS) is 15.0. The summed E-state index contributed by atoms with van der Waals surface area (Å²) in [5, 5.41) is 13.1. The number of rotatable bonds is 2. The zero-order valence-electron chi connectivity index (χ0n) is 11.2. The van der Waals surface area contributed by atoms with Crippen LogP contribution in [-0.4, -0.2) is 18.1 Å². The highest BCUT2D eigenvalue weighted by Crippen LogP contribution is 2.35. The standard InChI is InChI=1S/C16H12ClNO3/c1-21-15-5-2-9(7-14(15)19)6-12-11-4-3-10(17)8-13(11)18-16(12)20/h2-8,19H,1H3,(H,18,20)/b12-6-. The smallest absolute Gasteiger partial charge is 0.256 e. The van der Waals surface area contributed by atoms with Crippen molar-refractivity contribution in [2.24, 2.45) is 0 Å². The second-order valence-corrected chi connectivity index (χ2v) is 5.07. The Labute approximate surface area is 126 Å². The van der Waals surface area contributed by atoms with E-state index in [9.17, 15) is 9.90 Å². The molecule has 0 bridgehead atoms. The molecule has 1 amide bonds. The first-order valence-corrected chi connectivity index (χ1v) is 6.66. The maximum atomic E-state index is 12.0. The van der Waals surface area contributed by atoms with Gasteiger partial charge in [0.25, 0.3) is 5.91 Å². The lowest BCUT2D eigenvalue weighted by Crippen LogP contribution is -2.03. The van der Waals surface area contributed by atoms with Crippen LogP contribution in [0.2, 0.25) is 5.02 Å². The fourth-order valence-electron chi connectivity index (χ4n) is 2.27. The van der Waals surface area contributed by atoms with Crippen molar-refractivity contribution in [3.63, 3.8) is 0 Å². The van der Waals surface area contributed by atoms with Gasteiger partial charge in [0.2, 0.25) is 0 Å². The third kappa shape index (κ3) is 2.45. The van der Waals surface area contributed by atoms with Crippen LogP contribution >= 0.6 is 11.6 Å². The van der Waals surface area contributed by atoms with Crippen LogP contribution in [0.5, 0.6) is 11.5 Å². The molecule has 1 aliphatic rings. The van der Waals surface area contributed by atoms with E-state index in [4.69, 9.17) is 16.3 Å². The predicted molar refractivity (Wildman–Crippen MR) is 82.6 cm³/mol. The molecule has 106 valence electrons. The fourth-order valence-corrected chi connectivity index (χ4v) is 2.45.